The summed E-state index contributed by atoms with van der Waals surface area (Å²) in [6, 6.07) is 1.84. The van der Waals surface area contributed by atoms with Gasteiger partial charge in [0.25, 0.3) is 5.91 Å². The molecule has 2 saturated heterocycles. The number of nitrogens with one attached hydrogen (secondary N) is 1. The summed E-state index contributed by atoms with van der Waals surface area (Å²) in [5, 5.41) is 0. The number of amides is 2. The zero-order valence-electron chi connectivity index (χ0n) is 10.1. The molecule has 18 heavy (non-hydrogen) atoms. The Morgan fingerprint density at radius 1 is 1.44 bits per heavy atom. The van der Waals surface area contributed by atoms with E-state index in [9.17, 15) is 9.59 Å². The average molecular weight is 248 g/mol. The first-order valence-electron chi connectivity index (χ1n) is 6.18. The van der Waals surface area contributed by atoms with Crippen molar-refractivity contribution in [2.45, 2.75) is 18.9 Å². The fraction of sp³-hybridized carbons (Fsp3) is 0.500. The molecule has 1 aromatic heterocycles. The van der Waals surface area contributed by atoms with Crippen LogP contribution in [-0.2, 0) is 4.79 Å². The normalized spacial score (nSPS) is 23.3. The molecular formula is C12H16N4O2. The highest BCUT2D eigenvalue weighted by Gasteiger charge is 2.37. The van der Waals surface area contributed by atoms with Crippen molar-refractivity contribution >= 4 is 17.5 Å². The van der Waals surface area contributed by atoms with Gasteiger partial charge in [-0.2, -0.15) is 0 Å². The van der Waals surface area contributed by atoms with Gasteiger partial charge in [-0.3, -0.25) is 9.59 Å². The van der Waals surface area contributed by atoms with Gasteiger partial charge in [0.05, 0.1) is 0 Å². The van der Waals surface area contributed by atoms with E-state index in [1.165, 1.54) is 0 Å². The lowest BCUT2D eigenvalue weighted by Gasteiger charge is -2.37. The van der Waals surface area contributed by atoms with Crippen LogP contribution in [0.25, 0.3) is 0 Å². The van der Waals surface area contributed by atoms with Gasteiger partial charge in [-0.1, -0.05) is 0 Å². The highest BCUT2D eigenvalue weighted by molar-refractivity contribution is 5.93. The summed E-state index contributed by atoms with van der Waals surface area (Å²) < 4.78 is 0. The summed E-state index contributed by atoms with van der Waals surface area (Å²) in [5.74, 6) is 0.182. The van der Waals surface area contributed by atoms with E-state index in [4.69, 9.17) is 5.73 Å². The number of piperazine rings is 1. The lowest BCUT2D eigenvalue weighted by Crippen LogP contribution is -2.53. The van der Waals surface area contributed by atoms with Crippen molar-refractivity contribution in [1.29, 1.82) is 0 Å². The van der Waals surface area contributed by atoms with Crippen molar-refractivity contribution in [2.24, 2.45) is 0 Å². The predicted molar refractivity (Wildman–Crippen MR) is 65.8 cm³/mol. The van der Waals surface area contributed by atoms with E-state index in [-0.39, 0.29) is 17.9 Å². The van der Waals surface area contributed by atoms with Gasteiger partial charge >= 0.3 is 0 Å². The number of aromatic amines is 1. The Kier molecular flexibility index (Phi) is 2.50. The number of nitrogen functional groups attached to an aromatic ring is 1. The van der Waals surface area contributed by atoms with Crippen LogP contribution in [0.1, 0.15) is 23.3 Å². The number of hydrogen-bond acceptors (Lipinski definition) is 3. The SMILES string of the molecule is Nc1c[nH]c(C(=O)N2CCN3C(=O)CCC3C2)c1. The molecule has 6 heteroatoms. The third-order valence-electron chi connectivity index (χ3n) is 3.72. The van der Waals surface area contributed by atoms with Crippen LogP contribution in [0.4, 0.5) is 5.69 Å². The number of carbonyl (C=O) groups excluding carboxylic acids is 2. The monoisotopic (exact) mass is 248 g/mol. The number of aromatic nitrogens is 1. The summed E-state index contributed by atoms with van der Waals surface area (Å²) in [4.78, 5) is 30.3. The molecule has 1 atom stereocenters. The van der Waals surface area contributed by atoms with Crippen molar-refractivity contribution in [3.63, 3.8) is 0 Å². The number of anilines is 1. The van der Waals surface area contributed by atoms with Crippen LogP contribution in [0.5, 0.6) is 0 Å². The van der Waals surface area contributed by atoms with Crippen LogP contribution in [-0.4, -0.2) is 52.3 Å². The van der Waals surface area contributed by atoms with E-state index >= 15 is 0 Å². The molecule has 0 aromatic carbocycles. The number of fused-ring (bicyclic) bond motifs is 1. The summed E-state index contributed by atoms with van der Waals surface area (Å²) in [6.07, 6.45) is 3.08. The van der Waals surface area contributed by atoms with Crippen LogP contribution in [0.3, 0.4) is 0 Å². The summed E-state index contributed by atoms with van der Waals surface area (Å²) in [7, 11) is 0. The average Bonchev–Trinajstić information content (AvgIpc) is 2.95. The van der Waals surface area contributed by atoms with Gasteiger partial charge in [0.15, 0.2) is 0 Å². The number of nitrogens with zero attached hydrogens (tertiary/aromatic N) is 2. The first-order chi connectivity index (χ1) is 8.65. The molecule has 3 N–H and O–H groups in total. The van der Waals surface area contributed by atoms with Crippen molar-refractivity contribution in [2.75, 3.05) is 25.4 Å². The van der Waals surface area contributed by atoms with Gasteiger partial charge in [-0.25, -0.2) is 0 Å². The van der Waals surface area contributed by atoms with E-state index in [1.807, 2.05) is 4.90 Å². The van der Waals surface area contributed by atoms with Gasteiger partial charge < -0.3 is 20.5 Å². The number of carbonyl (C=O) groups is 2. The van der Waals surface area contributed by atoms with Crippen LogP contribution in [0, 0.1) is 0 Å². The Hall–Kier alpha value is -1.98. The Labute approximate surface area is 105 Å². The van der Waals surface area contributed by atoms with Gasteiger partial charge in [0, 0.05) is 44.0 Å². The molecule has 2 amide bonds. The van der Waals surface area contributed by atoms with Crippen LogP contribution >= 0.6 is 0 Å². The molecular weight excluding hydrogens is 232 g/mol. The number of rotatable bonds is 1. The lowest BCUT2D eigenvalue weighted by molar-refractivity contribution is -0.130. The minimum atomic E-state index is -0.0364. The largest absolute Gasteiger partial charge is 0.397 e. The summed E-state index contributed by atoms with van der Waals surface area (Å²) in [5.41, 5.74) is 6.68. The molecule has 3 heterocycles. The van der Waals surface area contributed by atoms with Gasteiger partial charge in [-0.05, 0) is 12.5 Å². The standard InChI is InChI=1S/C12H16N4O2/c13-8-5-10(14-6-8)12(18)15-3-4-16-9(7-15)1-2-11(16)17/h5-6,9,14H,1-4,7,13H2. The first-order valence-corrected chi connectivity index (χ1v) is 6.18. The zero-order valence-corrected chi connectivity index (χ0v) is 10.1. The number of H-pyrrole nitrogens is 1. The Balaban J connectivity index is 1.71. The van der Waals surface area contributed by atoms with Crippen LogP contribution in [0.15, 0.2) is 12.3 Å². The maximum Gasteiger partial charge on any atom is 0.270 e. The van der Waals surface area contributed by atoms with Crippen molar-refractivity contribution < 1.29 is 9.59 Å². The molecule has 1 aromatic rings. The second-order valence-corrected chi connectivity index (χ2v) is 4.88. The highest BCUT2D eigenvalue weighted by atomic mass is 16.2. The Morgan fingerprint density at radius 3 is 3.00 bits per heavy atom. The Morgan fingerprint density at radius 2 is 2.28 bits per heavy atom. The van der Waals surface area contributed by atoms with Crippen molar-refractivity contribution in [3.8, 4) is 0 Å². The maximum absolute atomic E-state index is 12.2. The first kappa shape index (κ1) is 11.1. The maximum atomic E-state index is 12.2. The molecule has 0 radical (unpaired) electrons. The molecule has 2 aliphatic rings. The van der Waals surface area contributed by atoms with Crippen molar-refractivity contribution in [3.05, 3.63) is 18.0 Å². The molecule has 3 rings (SSSR count). The third kappa shape index (κ3) is 1.73. The van der Waals surface area contributed by atoms with Gasteiger partial charge in [0.1, 0.15) is 5.69 Å². The molecule has 2 aliphatic heterocycles. The minimum Gasteiger partial charge on any atom is -0.397 e. The molecule has 0 spiro atoms. The quantitative estimate of drug-likeness (QED) is 0.736. The molecule has 0 bridgehead atoms. The fourth-order valence-electron chi connectivity index (χ4n) is 2.75. The molecule has 0 aliphatic carbocycles. The lowest BCUT2D eigenvalue weighted by atomic mass is 10.1. The number of hydrogen-bond donors (Lipinski definition) is 2. The summed E-state index contributed by atoms with van der Waals surface area (Å²) in [6.45, 7) is 1.87. The van der Waals surface area contributed by atoms with Gasteiger partial charge in [0.2, 0.25) is 5.91 Å². The van der Waals surface area contributed by atoms with E-state index in [0.29, 0.717) is 37.4 Å². The minimum absolute atomic E-state index is 0.0364. The predicted octanol–water partition coefficient (Wildman–Crippen LogP) is 0.0437. The van der Waals surface area contributed by atoms with Crippen LogP contribution < -0.4 is 5.73 Å². The zero-order chi connectivity index (χ0) is 12.7. The summed E-state index contributed by atoms with van der Waals surface area (Å²) >= 11 is 0. The van der Waals surface area contributed by atoms with E-state index in [1.54, 1.807) is 17.2 Å². The molecule has 6 nitrogen and oxygen atoms in total. The second kappa shape index (κ2) is 4.04. The van der Waals surface area contributed by atoms with E-state index < -0.39 is 0 Å². The molecule has 96 valence electrons. The highest BCUT2D eigenvalue weighted by Crippen LogP contribution is 2.23. The van der Waals surface area contributed by atoms with Crippen LogP contribution in [0.2, 0.25) is 0 Å². The van der Waals surface area contributed by atoms with Crippen molar-refractivity contribution in [1.82, 2.24) is 14.8 Å². The molecule has 1 unspecified atom stereocenters. The second-order valence-electron chi connectivity index (χ2n) is 4.88. The Bertz CT molecular complexity index is 496. The third-order valence-corrected chi connectivity index (χ3v) is 3.72. The van der Waals surface area contributed by atoms with E-state index in [0.717, 1.165) is 6.42 Å². The topological polar surface area (TPSA) is 82.4 Å². The fourth-order valence-corrected chi connectivity index (χ4v) is 2.75. The van der Waals surface area contributed by atoms with E-state index in [2.05, 4.69) is 4.98 Å². The molecule has 0 saturated carbocycles. The van der Waals surface area contributed by atoms with Gasteiger partial charge in [-0.15, -0.1) is 0 Å². The number of nitrogens with two attached hydrogens (primary N) is 1. The molecule has 2 fully saturated rings. The smallest absolute Gasteiger partial charge is 0.270 e.